The van der Waals surface area contributed by atoms with Gasteiger partial charge in [0.05, 0.1) is 12.5 Å². The van der Waals surface area contributed by atoms with Gasteiger partial charge in [0.2, 0.25) is 11.8 Å². The molecule has 0 bridgehead atoms. The number of carbonyl (C=O) groups excluding carboxylic acids is 2. The first-order valence-corrected chi connectivity index (χ1v) is 9.22. The van der Waals surface area contributed by atoms with Crippen molar-refractivity contribution < 1.29 is 9.59 Å². The molecule has 2 atom stereocenters. The second-order valence-electron chi connectivity index (χ2n) is 6.18. The summed E-state index contributed by atoms with van der Waals surface area (Å²) in [7, 11) is 1.94. The van der Waals surface area contributed by atoms with Gasteiger partial charge in [0.25, 0.3) is 0 Å². The number of halogens is 1. The number of hydrogen-bond acceptors (Lipinski definition) is 5. The van der Waals surface area contributed by atoms with Crippen molar-refractivity contribution in [3.05, 3.63) is 40.6 Å². The molecule has 142 valence electrons. The van der Waals surface area contributed by atoms with Crippen LogP contribution in [0.5, 0.6) is 0 Å². The summed E-state index contributed by atoms with van der Waals surface area (Å²) in [5.74, 6) is 0.765. The van der Waals surface area contributed by atoms with Gasteiger partial charge in [-0.2, -0.15) is 0 Å². The lowest BCUT2D eigenvalue weighted by Gasteiger charge is -2.36. The summed E-state index contributed by atoms with van der Waals surface area (Å²) in [4.78, 5) is 31.8. The Balaban J connectivity index is 0.00000243. The number of rotatable bonds is 5. The van der Waals surface area contributed by atoms with Crippen molar-refractivity contribution >= 4 is 35.6 Å². The number of hydrogen-bond donors (Lipinski definition) is 2. The highest BCUT2D eigenvalue weighted by molar-refractivity contribution is 7.10. The van der Waals surface area contributed by atoms with E-state index < -0.39 is 0 Å². The van der Waals surface area contributed by atoms with Crippen LogP contribution in [-0.2, 0) is 16.6 Å². The lowest BCUT2D eigenvalue weighted by atomic mass is 10.1. The number of aryl methyl sites for hydroxylation is 1. The molecule has 1 fully saturated rings. The summed E-state index contributed by atoms with van der Waals surface area (Å²) < 4.78 is 1.95. The summed E-state index contributed by atoms with van der Waals surface area (Å²) in [6.45, 7) is 3.55. The van der Waals surface area contributed by atoms with Gasteiger partial charge in [-0.25, -0.2) is 4.98 Å². The fourth-order valence-electron chi connectivity index (χ4n) is 3.18. The number of nitrogens with one attached hydrogen (secondary N) is 2. The molecule has 0 spiro atoms. The smallest absolute Gasteiger partial charge is 0.225 e. The number of carbonyl (C=O) groups is 2. The van der Waals surface area contributed by atoms with E-state index in [9.17, 15) is 9.59 Å². The first kappa shape index (κ1) is 20.4. The largest absolute Gasteiger partial charge is 0.348 e. The minimum absolute atomic E-state index is 0. The van der Waals surface area contributed by atoms with Crippen LogP contribution in [0.3, 0.4) is 0 Å². The topological polar surface area (TPSA) is 79.3 Å². The van der Waals surface area contributed by atoms with Crippen molar-refractivity contribution in [2.45, 2.75) is 25.4 Å². The average Bonchev–Trinajstić information content (AvgIpc) is 3.25. The van der Waals surface area contributed by atoms with E-state index in [2.05, 4.69) is 15.6 Å². The third-order valence-electron chi connectivity index (χ3n) is 4.36. The fraction of sp³-hybridized carbons (Fsp3) is 0.471. The molecule has 3 heterocycles. The number of nitrogens with zero attached hydrogens (tertiary/aromatic N) is 3. The SMILES string of the molecule is CC(=O)NC(CC(=O)N1CCNCC1c1nccn1C)c1cccs1.Cl. The van der Waals surface area contributed by atoms with Gasteiger partial charge in [-0.1, -0.05) is 6.07 Å². The Morgan fingerprint density at radius 3 is 2.92 bits per heavy atom. The van der Waals surface area contributed by atoms with E-state index >= 15 is 0 Å². The Morgan fingerprint density at radius 1 is 1.50 bits per heavy atom. The van der Waals surface area contributed by atoms with Gasteiger partial charge >= 0.3 is 0 Å². The molecule has 2 unspecified atom stereocenters. The lowest BCUT2D eigenvalue weighted by Crippen LogP contribution is -2.50. The second-order valence-corrected chi connectivity index (χ2v) is 7.16. The highest BCUT2D eigenvalue weighted by atomic mass is 35.5. The van der Waals surface area contributed by atoms with Crippen LogP contribution < -0.4 is 10.6 Å². The minimum Gasteiger partial charge on any atom is -0.348 e. The molecule has 0 saturated carbocycles. The monoisotopic (exact) mass is 397 g/mol. The molecule has 9 heteroatoms. The highest BCUT2D eigenvalue weighted by Gasteiger charge is 2.32. The van der Waals surface area contributed by atoms with Crippen molar-refractivity contribution in [2.24, 2.45) is 7.05 Å². The number of imidazole rings is 1. The fourth-order valence-corrected chi connectivity index (χ4v) is 3.96. The molecule has 2 aromatic heterocycles. The molecule has 0 aromatic carbocycles. The molecule has 0 aliphatic carbocycles. The van der Waals surface area contributed by atoms with Crippen LogP contribution in [0.1, 0.15) is 36.1 Å². The quantitative estimate of drug-likeness (QED) is 0.803. The van der Waals surface area contributed by atoms with Gasteiger partial charge < -0.3 is 20.1 Å². The first-order chi connectivity index (χ1) is 12.1. The zero-order chi connectivity index (χ0) is 17.8. The van der Waals surface area contributed by atoms with Crippen LogP contribution in [0.25, 0.3) is 0 Å². The predicted octanol–water partition coefficient (Wildman–Crippen LogP) is 1.64. The Labute approximate surface area is 163 Å². The maximum absolute atomic E-state index is 13.0. The molecule has 2 amide bonds. The van der Waals surface area contributed by atoms with Gasteiger partial charge in [-0.3, -0.25) is 9.59 Å². The van der Waals surface area contributed by atoms with Crippen molar-refractivity contribution in [3.8, 4) is 0 Å². The number of aromatic nitrogens is 2. The molecule has 3 rings (SSSR count). The van der Waals surface area contributed by atoms with Gasteiger partial charge in [-0.05, 0) is 11.4 Å². The summed E-state index contributed by atoms with van der Waals surface area (Å²) in [5.41, 5.74) is 0. The third-order valence-corrected chi connectivity index (χ3v) is 5.35. The maximum atomic E-state index is 13.0. The average molecular weight is 398 g/mol. The second kappa shape index (κ2) is 9.16. The summed E-state index contributed by atoms with van der Waals surface area (Å²) >= 11 is 1.55. The van der Waals surface area contributed by atoms with Gasteiger partial charge in [-0.15, -0.1) is 23.7 Å². The Kier molecular flexibility index (Phi) is 7.19. The van der Waals surface area contributed by atoms with Gasteiger partial charge in [0, 0.05) is 50.9 Å². The van der Waals surface area contributed by atoms with E-state index in [1.54, 1.807) is 17.5 Å². The molecule has 2 aromatic rings. The van der Waals surface area contributed by atoms with Crippen LogP contribution in [0.2, 0.25) is 0 Å². The van der Waals surface area contributed by atoms with E-state index in [-0.39, 0.29) is 42.7 Å². The van der Waals surface area contributed by atoms with E-state index in [0.717, 1.165) is 17.2 Å². The Morgan fingerprint density at radius 2 is 2.31 bits per heavy atom. The zero-order valence-electron chi connectivity index (χ0n) is 14.8. The minimum atomic E-state index is -0.290. The van der Waals surface area contributed by atoms with Crippen LogP contribution in [-0.4, -0.2) is 45.9 Å². The molecule has 7 nitrogen and oxygen atoms in total. The predicted molar refractivity (Wildman–Crippen MR) is 103 cm³/mol. The molecular weight excluding hydrogens is 374 g/mol. The molecule has 1 aliphatic rings. The van der Waals surface area contributed by atoms with E-state index in [1.807, 2.05) is 40.2 Å². The molecule has 1 aliphatic heterocycles. The lowest BCUT2D eigenvalue weighted by molar-refractivity contribution is -0.135. The number of amides is 2. The number of thiophene rings is 1. The molecule has 0 radical (unpaired) electrons. The van der Waals surface area contributed by atoms with Crippen molar-refractivity contribution in [1.29, 1.82) is 0 Å². The maximum Gasteiger partial charge on any atom is 0.225 e. The Hall–Kier alpha value is -1.90. The zero-order valence-corrected chi connectivity index (χ0v) is 16.5. The molecule has 26 heavy (non-hydrogen) atoms. The highest BCUT2D eigenvalue weighted by Crippen LogP contribution is 2.26. The van der Waals surface area contributed by atoms with Crippen molar-refractivity contribution in [1.82, 2.24) is 25.1 Å². The summed E-state index contributed by atoms with van der Waals surface area (Å²) in [5, 5.41) is 8.19. The third kappa shape index (κ3) is 4.63. The molecular formula is C17H24ClN5O2S. The summed E-state index contributed by atoms with van der Waals surface area (Å²) in [6, 6.07) is 3.50. The van der Waals surface area contributed by atoms with Crippen molar-refractivity contribution in [2.75, 3.05) is 19.6 Å². The molecule has 2 N–H and O–H groups in total. The van der Waals surface area contributed by atoms with Crippen molar-refractivity contribution in [3.63, 3.8) is 0 Å². The Bertz CT molecular complexity index is 733. The van der Waals surface area contributed by atoms with Crippen LogP contribution >= 0.6 is 23.7 Å². The van der Waals surface area contributed by atoms with E-state index in [1.165, 1.54) is 6.92 Å². The summed E-state index contributed by atoms with van der Waals surface area (Å²) in [6.07, 6.45) is 3.89. The first-order valence-electron chi connectivity index (χ1n) is 8.34. The normalized spacial score (nSPS) is 18.1. The standard InChI is InChI=1S/C17H23N5O2S.ClH/c1-12(23)20-13(15-4-3-9-25-15)10-16(24)22-8-5-18-11-14(22)17-19-6-7-21(17)2;/h3-4,6-7,9,13-14,18H,5,8,10-11H2,1-2H3,(H,20,23);1H. The van der Waals surface area contributed by atoms with E-state index in [0.29, 0.717) is 13.1 Å². The van der Waals surface area contributed by atoms with Gasteiger partial charge in [0.15, 0.2) is 0 Å². The van der Waals surface area contributed by atoms with Crippen LogP contribution in [0, 0.1) is 0 Å². The van der Waals surface area contributed by atoms with Crippen LogP contribution in [0.15, 0.2) is 29.9 Å². The van der Waals surface area contributed by atoms with E-state index in [4.69, 9.17) is 0 Å². The van der Waals surface area contributed by atoms with Gasteiger partial charge in [0.1, 0.15) is 11.9 Å². The number of piperazine rings is 1. The van der Waals surface area contributed by atoms with Crippen LogP contribution in [0.4, 0.5) is 0 Å². The molecule has 1 saturated heterocycles.